The summed E-state index contributed by atoms with van der Waals surface area (Å²) in [5.41, 5.74) is 4.42. The van der Waals surface area contributed by atoms with Crippen LogP contribution in [0.5, 0.6) is 11.5 Å². The molecule has 0 spiro atoms. The Labute approximate surface area is 218 Å². The third kappa shape index (κ3) is 4.29. The Balaban J connectivity index is 1.45. The zero-order valence-corrected chi connectivity index (χ0v) is 21.0. The van der Waals surface area contributed by atoms with Gasteiger partial charge in [0.2, 0.25) is 5.95 Å². The van der Waals surface area contributed by atoms with Gasteiger partial charge in [0, 0.05) is 22.0 Å². The zero-order valence-electron chi connectivity index (χ0n) is 20.3. The lowest BCUT2D eigenvalue weighted by Crippen LogP contribution is -2.31. The molecule has 6 rings (SSSR count). The topological polar surface area (TPSA) is 90.3 Å². The lowest BCUT2D eigenvalue weighted by atomic mass is 9.94. The minimum Gasteiger partial charge on any atom is -0.486 e. The smallest absolute Gasteiger partial charge is 0.255 e. The van der Waals surface area contributed by atoms with E-state index in [1.54, 1.807) is 10.7 Å². The molecule has 0 aliphatic carbocycles. The number of carbonyl (C=O) groups excluding carboxylic acids is 1. The van der Waals surface area contributed by atoms with Gasteiger partial charge in [-0.05, 0) is 49.2 Å². The van der Waals surface area contributed by atoms with Gasteiger partial charge in [-0.3, -0.25) is 4.79 Å². The first-order chi connectivity index (χ1) is 18.0. The van der Waals surface area contributed by atoms with Gasteiger partial charge in [-0.15, -0.1) is 5.10 Å². The first kappa shape index (κ1) is 23.1. The van der Waals surface area contributed by atoms with E-state index < -0.39 is 6.04 Å². The van der Waals surface area contributed by atoms with Crippen LogP contribution in [0, 0.1) is 6.92 Å². The molecule has 186 valence electrons. The average molecular weight is 514 g/mol. The van der Waals surface area contributed by atoms with E-state index >= 15 is 0 Å². The number of nitrogens with zero attached hydrogens (tertiary/aromatic N) is 3. The summed E-state index contributed by atoms with van der Waals surface area (Å²) in [6, 6.07) is 20.3. The van der Waals surface area contributed by atoms with E-state index in [1.165, 1.54) is 0 Å². The molecule has 2 N–H and O–H groups in total. The van der Waals surface area contributed by atoms with Crippen LogP contribution < -0.4 is 20.1 Å². The maximum atomic E-state index is 13.8. The number of ether oxygens (including phenoxy) is 2. The highest BCUT2D eigenvalue weighted by Crippen LogP contribution is 2.40. The molecule has 1 unspecified atom stereocenters. The van der Waals surface area contributed by atoms with E-state index in [0.717, 1.165) is 16.7 Å². The molecule has 2 aliphatic rings. The molecule has 0 saturated heterocycles. The number of halogens is 1. The van der Waals surface area contributed by atoms with Crippen molar-refractivity contribution >= 4 is 29.1 Å². The van der Waals surface area contributed by atoms with Gasteiger partial charge in [0.1, 0.15) is 19.3 Å². The minimum atomic E-state index is -0.557. The summed E-state index contributed by atoms with van der Waals surface area (Å²) >= 11 is 6.31. The van der Waals surface area contributed by atoms with Gasteiger partial charge in [0.15, 0.2) is 17.3 Å². The summed E-state index contributed by atoms with van der Waals surface area (Å²) in [6.45, 7) is 4.74. The van der Waals surface area contributed by atoms with Crippen molar-refractivity contribution in [3.8, 4) is 22.9 Å². The van der Waals surface area contributed by atoms with Crippen LogP contribution in [0.2, 0.25) is 5.02 Å². The van der Waals surface area contributed by atoms with Crippen molar-refractivity contribution in [2.45, 2.75) is 19.9 Å². The summed E-state index contributed by atoms with van der Waals surface area (Å²) < 4.78 is 13.3. The Bertz CT molecular complexity index is 1550. The molecule has 0 saturated carbocycles. The Morgan fingerprint density at radius 1 is 1.03 bits per heavy atom. The van der Waals surface area contributed by atoms with Crippen molar-refractivity contribution in [3.63, 3.8) is 0 Å². The second-order valence-corrected chi connectivity index (χ2v) is 9.36. The molecule has 1 atom stereocenters. The molecule has 0 radical (unpaired) electrons. The fourth-order valence-electron chi connectivity index (χ4n) is 4.56. The van der Waals surface area contributed by atoms with Crippen LogP contribution in [0.1, 0.15) is 24.1 Å². The normalized spacial score (nSPS) is 16.1. The molecule has 37 heavy (non-hydrogen) atoms. The Hall–Kier alpha value is -4.30. The first-order valence-corrected chi connectivity index (χ1v) is 12.3. The standard InChI is InChI=1S/C28H24ClN5O3/c1-16-8-10-20(15-21(16)29)31-27(35)24-17(2)30-28-32-26(18-6-4-3-5-7-18)33-34(28)25(24)19-9-11-22-23(14-19)37-13-12-36-22/h3-11,14-15,25H,12-13H2,1-2H3,(H,31,35)(H,30,32,33). The second-order valence-electron chi connectivity index (χ2n) is 8.96. The summed E-state index contributed by atoms with van der Waals surface area (Å²) in [7, 11) is 0. The van der Waals surface area contributed by atoms with Crippen molar-refractivity contribution < 1.29 is 14.3 Å². The van der Waals surface area contributed by atoms with Gasteiger partial charge in [0.05, 0.1) is 5.57 Å². The minimum absolute atomic E-state index is 0.271. The lowest BCUT2D eigenvalue weighted by molar-refractivity contribution is -0.113. The molecular formula is C28H24ClN5O3. The number of aromatic nitrogens is 3. The summed E-state index contributed by atoms with van der Waals surface area (Å²) in [5.74, 6) is 2.15. The highest BCUT2D eigenvalue weighted by molar-refractivity contribution is 6.31. The molecule has 8 nitrogen and oxygen atoms in total. The Kier molecular flexibility index (Phi) is 5.81. The number of benzene rings is 3. The number of hydrogen-bond acceptors (Lipinski definition) is 6. The van der Waals surface area contributed by atoms with E-state index in [0.29, 0.717) is 58.5 Å². The highest BCUT2D eigenvalue weighted by Gasteiger charge is 2.35. The molecular weight excluding hydrogens is 490 g/mol. The van der Waals surface area contributed by atoms with Crippen LogP contribution in [0.15, 0.2) is 78.0 Å². The predicted octanol–water partition coefficient (Wildman–Crippen LogP) is 5.61. The van der Waals surface area contributed by atoms with Crippen molar-refractivity contribution in [1.29, 1.82) is 0 Å². The van der Waals surface area contributed by atoms with E-state index in [2.05, 4.69) is 10.6 Å². The third-order valence-corrected chi connectivity index (χ3v) is 6.85. The van der Waals surface area contributed by atoms with Crippen LogP contribution in [0.25, 0.3) is 11.4 Å². The van der Waals surface area contributed by atoms with Crippen LogP contribution in [0.4, 0.5) is 11.6 Å². The third-order valence-electron chi connectivity index (χ3n) is 6.44. The van der Waals surface area contributed by atoms with E-state index in [4.69, 9.17) is 31.2 Å². The number of hydrogen-bond donors (Lipinski definition) is 2. The number of carbonyl (C=O) groups is 1. The molecule has 4 aromatic rings. The molecule has 3 aromatic carbocycles. The van der Waals surface area contributed by atoms with Crippen molar-refractivity contribution in [2.75, 3.05) is 23.8 Å². The number of allylic oxidation sites excluding steroid dienone is 1. The highest BCUT2D eigenvalue weighted by atomic mass is 35.5. The summed E-state index contributed by atoms with van der Waals surface area (Å²) in [5, 5.41) is 11.7. The monoisotopic (exact) mass is 513 g/mol. The zero-order chi connectivity index (χ0) is 25.5. The molecule has 0 fully saturated rings. The molecule has 1 aromatic heterocycles. The number of anilines is 2. The molecule has 9 heteroatoms. The van der Waals surface area contributed by atoms with Gasteiger partial charge in [0.25, 0.3) is 5.91 Å². The predicted molar refractivity (Wildman–Crippen MR) is 142 cm³/mol. The maximum Gasteiger partial charge on any atom is 0.255 e. The van der Waals surface area contributed by atoms with Gasteiger partial charge >= 0.3 is 0 Å². The SMILES string of the molecule is CC1=C(C(=O)Nc2ccc(C)c(Cl)c2)C(c2ccc3c(c2)OCCO3)n2nc(-c3ccccc3)nc2N1. The number of aryl methyl sites for hydroxylation is 1. The number of rotatable bonds is 4. The number of amides is 1. The number of fused-ring (bicyclic) bond motifs is 2. The summed E-state index contributed by atoms with van der Waals surface area (Å²) in [6.07, 6.45) is 0. The van der Waals surface area contributed by atoms with Crippen LogP contribution in [-0.4, -0.2) is 33.9 Å². The molecule has 1 amide bonds. The average Bonchev–Trinajstić information content (AvgIpc) is 3.34. The van der Waals surface area contributed by atoms with Crippen molar-refractivity contribution in [1.82, 2.24) is 14.8 Å². The lowest BCUT2D eigenvalue weighted by Gasteiger charge is -2.29. The maximum absolute atomic E-state index is 13.8. The Morgan fingerprint density at radius 2 is 1.81 bits per heavy atom. The largest absolute Gasteiger partial charge is 0.486 e. The number of nitrogens with one attached hydrogen (secondary N) is 2. The van der Waals surface area contributed by atoms with Crippen molar-refractivity contribution in [3.05, 3.63) is 94.1 Å². The summed E-state index contributed by atoms with van der Waals surface area (Å²) in [4.78, 5) is 18.5. The van der Waals surface area contributed by atoms with E-state index in [1.807, 2.05) is 74.5 Å². The second kappa shape index (κ2) is 9.29. The Morgan fingerprint density at radius 3 is 2.59 bits per heavy atom. The van der Waals surface area contributed by atoms with Gasteiger partial charge in [-0.1, -0.05) is 54.1 Å². The quantitative estimate of drug-likeness (QED) is 0.369. The van der Waals surface area contributed by atoms with Crippen molar-refractivity contribution in [2.24, 2.45) is 0 Å². The van der Waals surface area contributed by atoms with Gasteiger partial charge < -0.3 is 20.1 Å². The molecule has 2 aliphatic heterocycles. The van der Waals surface area contributed by atoms with Crippen LogP contribution >= 0.6 is 11.6 Å². The molecule has 3 heterocycles. The van der Waals surface area contributed by atoms with Gasteiger partial charge in [-0.2, -0.15) is 4.98 Å². The van der Waals surface area contributed by atoms with E-state index in [9.17, 15) is 4.79 Å². The van der Waals surface area contributed by atoms with E-state index in [-0.39, 0.29) is 5.91 Å². The molecule has 0 bridgehead atoms. The van der Waals surface area contributed by atoms with Crippen LogP contribution in [0.3, 0.4) is 0 Å². The van der Waals surface area contributed by atoms with Gasteiger partial charge in [-0.25, -0.2) is 4.68 Å². The fraction of sp³-hybridized carbons (Fsp3) is 0.179. The fourth-order valence-corrected chi connectivity index (χ4v) is 4.74. The first-order valence-electron chi connectivity index (χ1n) is 11.9. The van der Waals surface area contributed by atoms with Crippen LogP contribution in [-0.2, 0) is 4.79 Å².